The van der Waals surface area contributed by atoms with E-state index in [0.717, 1.165) is 43.5 Å². The van der Waals surface area contributed by atoms with Gasteiger partial charge in [-0.3, -0.25) is 4.79 Å². The average molecular weight is 296 g/mol. The number of aromatic nitrogens is 1. The fraction of sp³-hybridized carbons (Fsp3) is 0.471. The van der Waals surface area contributed by atoms with Crippen molar-refractivity contribution in [3.63, 3.8) is 0 Å². The smallest absolute Gasteiger partial charge is 0.228 e. The SMILES string of the molecule is Cc1ccc(C)n1/C(C#N)=C(/C#N)NC(=O)C1CCCCC1. The molecule has 1 aliphatic rings. The van der Waals surface area contributed by atoms with Crippen LogP contribution in [0.3, 0.4) is 0 Å². The summed E-state index contributed by atoms with van der Waals surface area (Å²) in [5.41, 5.74) is 1.91. The molecule has 5 nitrogen and oxygen atoms in total. The number of rotatable bonds is 3. The molecule has 114 valence electrons. The molecule has 1 aromatic heterocycles. The van der Waals surface area contributed by atoms with Crippen molar-refractivity contribution < 1.29 is 4.79 Å². The van der Waals surface area contributed by atoms with Gasteiger partial charge in [0, 0.05) is 17.3 Å². The van der Waals surface area contributed by atoms with Gasteiger partial charge in [-0.05, 0) is 38.8 Å². The fourth-order valence-electron chi connectivity index (χ4n) is 2.97. The number of amides is 1. The Morgan fingerprint density at radius 2 is 1.73 bits per heavy atom. The van der Waals surface area contributed by atoms with Crippen LogP contribution in [0.5, 0.6) is 0 Å². The number of nitriles is 2. The number of hydrogen-bond acceptors (Lipinski definition) is 3. The minimum Gasteiger partial charge on any atom is -0.315 e. The predicted octanol–water partition coefficient (Wildman–Crippen LogP) is 3.02. The lowest BCUT2D eigenvalue weighted by Crippen LogP contribution is -2.32. The first-order valence-electron chi connectivity index (χ1n) is 7.59. The molecule has 1 amide bonds. The maximum atomic E-state index is 12.3. The highest BCUT2D eigenvalue weighted by Crippen LogP contribution is 2.24. The standard InChI is InChI=1S/C17H20N4O/c1-12-8-9-13(2)21(12)16(11-19)15(10-18)20-17(22)14-6-4-3-5-7-14/h8-9,14H,3-7H2,1-2H3,(H,20,22)/b16-15-. The van der Waals surface area contributed by atoms with Gasteiger partial charge in [0.15, 0.2) is 11.4 Å². The van der Waals surface area contributed by atoms with Crippen LogP contribution in [0.25, 0.3) is 5.70 Å². The van der Waals surface area contributed by atoms with Crippen molar-refractivity contribution in [3.8, 4) is 12.1 Å². The van der Waals surface area contributed by atoms with Crippen LogP contribution in [0.15, 0.2) is 17.8 Å². The van der Waals surface area contributed by atoms with Gasteiger partial charge in [0.25, 0.3) is 0 Å². The molecule has 0 atom stereocenters. The number of aryl methyl sites for hydroxylation is 2. The highest BCUT2D eigenvalue weighted by molar-refractivity contribution is 5.84. The Morgan fingerprint density at radius 3 is 2.23 bits per heavy atom. The Bertz CT molecular complexity index is 659. The molecular formula is C17H20N4O. The van der Waals surface area contributed by atoms with Gasteiger partial charge < -0.3 is 9.88 Å². The van der Waals surface area contributed by atoms with Crippen molar-refractivity contribution in [3.05, 3.63) is 29.2 Å². The van der Waals surface area contributed by atoms with Crippen LogP contribution < -0.4 is 5.32 Å². The normalized spacial score (nSPS) is 16.4. The third-order valence-corrected chi connectivity index (χ3v) is 4.17. The number of allylic oxidation sites excluding steroid dienone is 2. The van der Waals surface area contributed by atoms with Crippen molar-refractivity contribution in [2.75, 3.05) is 0 Å². The Labute approximate surface area is 130 Å². The van der Waals surface area contributed by atoms with Crippen LogP contribution in [-0.4, -0.2) is 10.5 Å². The quantitative estimate of drug-likeness (QED) is 0.870. The largest absolute Gasteiger partial charge is 0.315 e. The summed E-state index contributed by atoms with van der Waals surface area (Å²) < 4.78 is 1.69. The second-order valence-corrected chi connectivity index (χ2v) is 5.72. The zero-order valence-electron chi connectivity index (χ0n) is 13.0. The van der Waals surface area contributed by atoms with E-state index in [1.54, 1.807) is 4.57 Å². The molecule has 1 heterocycles. The van der Waals surface area contributed by atoms with Gasteiger partial charge in [-0.1, -0.05) is 19.3 Å². The summed E-state index contributed by atoms with van der Waals surface area (Å²) in [5, 5.41) is 21.5. The molecule has 0 spiro atoms. The van der Waals surface area contributed by atoms with Crippen LogP contribution in [-0.2, 0) is 4.79 Å². The lowest BCUT2D eigenvalue weighted by Gasteiger charge is -2.21. The average Bonchev–Trinajstić information content (AvgIpc) is 2.87. The molecule has 0 unspecified atom stereocenters. The monoisotopic (exact) mass is 296 g/mol. The summed E-state index contributed by atoms with van der Waals surface area (Å²) in [6, 6.07) is 7.78. The molecule has 0 aromatic carbocycles. The topological polar surface area (TPSA) is 81.6 Å². The number of carbonyl (C=O) groups is 1. The van der Waals surface area contributed by atoms with Crippen molar-refractivity contribution in [2.24, 2.45) is 5.92 Å². The van der Waals surface area contributed by atoms with Gasteiger partial charge in [-0.15, -0.1) is 0 Å². The summed E-state index contributed by atoms with van der Waals surface area (Å²) >= 11 is 0. The predicted molar refractivity (Wildman–Crippen MR) is 83.1 cm³/mol. The number of hydrogen-bond donors (Lipinski definition) is 1. The lowest BCUT2D eigenvalue weighted by atomic mass is 9.88. The van der Waals surface area contributed by atoms with E-state index in [0.29, 0.717) is 0 Å². The summed E-state index contributed by atoms with van der Waals surface area (Å²) in [6.07, 6.45) is 4.97. The Morgan fingerprint density at radius 1 is 1.14 bits per heavy atom. The third-order valence-electron chi connectivity index (χ3n) is 4.17. The van der Waals surface area contributed by atoms with Crippen molar-refractivity contribution >= 4 is 11.6 Å². The van der Waals surface area contributed by atoms with Crippen LogP contribution in [0.4, 0.5) is 0 Å². The highest BCUT2D eigenvalue weighted by atomic mass is 16.1. The molecule has 1 aromatic rings. The van der Waals surface area contributed by atoms with Gasteiger partial charge in [0.2, 0.25) is 5.91 Å². The van der Waals surface area contributed by atoms with Gasteiger partial charge in [-0.25, -0.2) is 0 Å². The van der Waals surface area contributed by atoms with E-state index in [1.165, 1.54) is 0 Å². The fourth-order valence-corrected chi connectivity index (χ4v) is 2.97. The van der Waals surface area contributed by atoms with E-state index in [-0.39, 0.29) is 23.2 Å². The van der Waals surface area contributed by atoms with Crippen LogP contribution in [0.1, 0.15) is 43.5 Å². The van der Waals surface area contributed by atoms with Crippen LogP contribution in [0, 0.1) is 42.4 Å². The van der Waals surface area contributed by atoms with E-state index < -0.39 is 0 Å². The van der Waals surface area contributed by atoms with Crippen LogP contribution >= 0.6 is 0 Å². The molecule has 1 fully saturated rings. The van der Waals surface area contributed by atoms with E-state index in [9.17, 15) is 15.3 Å². The van der Waals surface area contributed by atoms with E-state index >= 15 is 0 Å². The number of nitrogens with one attached hydrogen (secondary N) is 1. The number of nitrogens with zero attached hydrogens (tertiary/aromatic N) is 3. The van der Waals surface area contributed by atoms with E-state index in [4.69, 9.17) is 0 Å². The summed E-state index contributed by atoms with van der Waals surface area (Å²) in [4.78, 5) is 12.3. The first-order chi connectivity index (χ1) is 10.6. The summed E-state index contributed by atoms with van der Waals surface area (Å²) in [5.74, 6) is -0.199. The second-order valence-electron chi connectivity index (χ2n) is 5.72. The van der Waals surface area contributed by atoms with Crippen molar-refractivity contribution in [2.45, 2.75) is 46.0 Å². The van der Waals surface area contributed by atoms with Crippen LogP contribution in [0.2, 0.25) is 0 Å². The highest BCUT2D eigenvalue weighted by Gasteiger charge is 2.23. The molecular weight excluding hydrogens is 276 g/mol. The third kappa shape index (κ3) is 3.20. The zero-order chi connectivity index (χ0) is 16.1. The first kappa shape index (κ1) is 15.9. The zero-order valence-corrected chi connectivity index (χ0v) is 13.0. The molecule has 0 aliphatic heterocycles. The van der Waals surface area contributed by atoms with Gasteiger partial charge in [-0.2, -0.15) is 10.5 Å². The van der Waals surface area contributed by atoms with E-state index in [2.05, 4.69) is 11.4 Å². The lowest BCUT2D eigenvalue weighted by molar-refractivity contribution is -0.125. The van der Waals surface area contributed by atoms with E-state index in [1.807, 2.05) is 32.0 Å². The Kier molecular flexibility index (Phi) is 5.01. The maximum absolute atomic E-state index is 12.3. The molecule has 0 radical (unpaired) electrons. The van der Waals surface area contributed by atoms with Crippen molar-refractivity contribution in [1.82, 2.24) is 9.88 Å². The Balaban J connectivity index is 2.30. The summed E-state index contributed by atoms with van der Waals surface area (Å²) in [6.45, 7) is 3.73. The molecule has 2 rings (SSSR count). The minimum absolute atomic E-state index is 0.0282. The molecule has 0 saturated heterocycles. The van der Waals surface area contributed by atoms with Gasteiger partial charge >= 0.3 is 0 Å². The first-order valence-corrected chi connectivity index (χ1v) is 7.59. The number of carbonyl (C=O) groups excluding carboxylic acids is 1. The van der Waals surface area contributed by atoms with Gasteiger partial charge in [0.05, 0.1) is 0 Å². The van der Waals surface area contributed by atoms with Crippen molar-refractivity contribution in [1.29, 1.82) is 10.5 Å². The summed E-state index contributed by atoms with van der Waals surface area (Å²) in [7, 11) is 0. The van der Waals surface area contributed by atoms with Gasteiger partial charge in [0.1, 0.15) is 12.1 Å². The maximum Gasteiger partial charge on any atom is 0.228 e. The Hall–Kier alpha value is -2.53. The molecule has 5 heteroatoms. The molecule has 1 saturated carbocycles. The second kappa shape index (κ2) is 6.95. The minimum atomic E-state index is -0.147. The molecule has 1 aliphatic carbocycles. The molecule has 1 N–H and O–H groups in total. The molecule has 0 bridgehead atoms. The molecule has 22 heavy (non-hydrogen) atoms.